The van der Waals surface area contributed by atoms with Crippen LogP contribution in [0.4, 0.5) is 10.6 Å². The van der Waals surface area contributed by atoms with Crippen molar-refractivity contribution in [3.8, 4) is 0 Å². The lowest BCUT2D eigenvalue weighted by atomic mass is 10.2. The number of carbonyl (C=O) groups excluding carboxylic acids is 1. The number of likely N-dealkylation sites (tertiary alicyclic amines) is 1. The number of pyridine rings is 1. The summed E-state index contributed by atoms with van der Waals surface area (Å²) in [4.78, 5) is 18.4. The molecule has 7 heteroatoms. The van der Waals surface area contributed by atoms with E-state index in [0.717, 1.165) is 24.2 Å². The Kier molecular flexibility index (Phi) is 4.57. The Morgan fingerprint density at radius 1 is 1.48 bits per heavy atom. The monoisotopic (exact) mass is 315 g/mol. The molecule has 0 saturated carbocycles. The SMILES string of the molecule is Cc1cc(NC(=O)N2CCCC2CO)n(Cc2ccccn2)n1. The molecule has 23 heavy (non-hydrogen) atoms. The summed E-state index contributed by atoms with van der Waals surface area (Å²) in [6.45, 7) is 3.05. The summed E-state index contributed by atoms with van der Waals surface area (Å²) in [6, 6.07) is 7.26. The van der Waals surface area contributed by atoms with Gasteiger partial charge < -0.3 is 10.0 Å². The zero-order valence-electron chi connectivity index (χ0n) is 13.1. The molecule has 1 aliphatic heterocycles. The minimum absolute atomic E-state index is 0.000352. The molecule has 3 heterocycles. The first kappa shape index (κ1) is 15.5. The van der Waals surface area contributed by atoms with Gasteiger partial charge in [0.15, 0.2) is 0 Å². The van der Waals surface area contributed by atoms with Crippen molar-refractivity contribution in [2.24, 2.45) is 0 Å². The molecule has 1 unspecified atom stereocenters. The Morgan fingerprint density at radius 3 is 3.09 bits per heavy atom. The molecule has 1 atom stereocenters. The maximum Gasteiger partial charge on any atom is 0.323 e. The lowest BCUT2D eigenvalue weighted by Gasteiger charge is -2.23. The highest BCUT2D eigenvalue weighted by atomic mass is 16.3. The van der Waals surface area contributed by atoms with Crippen molar-refractivity contribution in [3.63, 3.8) is 0 Å². The molecule has 7 nitrogen and oxygen atoms in total. The van der Waals surface area contributed by atoms with E-state index in [1.54, 1.807) is 15.8 Å². The van der Waals surface area contributed by atoms with E-state index in [1.807, 2.05) is 31.2 Å². The van der Waals surface area contributed by atoms with Crippen molar-refractivity contribution in [1.29, 1.82) is 0 Å². The van der Waals surface area contributed by atoms with Gasteiger partial charge >= 0.3 is 6.03 Å². The van der Waals surface area contributed by atoms with E-state index in [-0.39, 0.29) is 18.7 Å². The molecule has 1 saturated heterocycles. The van der Waals surface area contributed by atoms with E-state index in [1.165, 1.54) is 0 Å². The molecule has 0 aliphatic carbocycles. The number of hydrogen-bond donors (Lipinski definition) is 2. The minimum atomic E-state index is -0.191. The fraction of sp³-hybridized carbons (Fsp3) is 0.438. The summed E-state index contributed by atoms with van der Waals surface area (Å²) >= 11 is 0. The number of aliphatic hydroxyl groups excluding tert-OH is 1. The topological polar surface area (TPSA) is 83.3 Å². The van der Waals surface area contributed by atoms with Crippen molar-refractivity contribution in [3.05, 3.63) is 41.9 Å². The fourth-order valence-electron chi connectivity index (χ4n) is 2.89. The highest BCUT2D eigenvalue weighted by Gasteiger charge is 2.28. The van der Waals surface area contributed by atoms with E-state index < -0.39 is 0 Å². The van der Waals surface area contributed by atoms with Gasteiger partial charge in [0.05, 0.1) is 30.6 Å². The lowest BCUT2D eigenvalue weighted by molar-refractivity contribution is 0.166. The molecule has 1 fully saturated rings. The number of hydrogen-bond acceptors (Lipinski definition) is 4. The summed E-state index contributed by atoms with van der Waals surface area (Å²) < 4.78 is 1.74. The first-order chi connectivity index (χ1) is 11.2. The second-order valence-corrected chi connectivity index (χ2v) is 5.75. The van der Waals surface area contributed by atoms with Gasteiger partial charge in [-0.15, -0.1) is 0 Å². The molecule has 2 aromatic rings. The zero-order valence-corrected chi connectivity index (χ0v) is 13.1. The van der Waals surface area contributed by atoms with Crippen LogP contribution in [-0.4, -0.2) is 50.0 Å². The van der Waals surface area contributed by atoms with Crippen LogP contribution in [0.25, 0.3) is 0 Å². The van der Waals surface area contributed by atoms with E-state index in [2.05, 4.69) is 15.4 Å². The molecule has 3 rings (SSSR count). The molecule has 0 radical (unpaired) electrons. The van der Waals surface area contributed by atoms with Crippen LogP contribution < -0.4 is 5.32 Å². The molecule has 122 valence electrons. The smallest absolute Gasteiger partial charge is 0.323 e. The summed E-state index contributed by atoms with van der Waals surface area (Å²) in [6.07, 6.45) is 3.50. The summed E-state index contributed by atoms with van der Waals surface area (Å²) in [5, 5.41) is 16.7. The lowest BCUT2D eigenvalue weighted by Crippen LogP contribution is -2.40. The van der Waals surface area contributed by atoms with Crippen LogP contribution in [0.1, 0.15) is 24.2 Å². The minimum Gasteiger partial charge on any atom is -0.394 e. The predicted molar refractivity (Wildman–Crippen MR) is 86.1 cm³/mol. The highest BCUT2D eigenvalue weighted by molar-refractivity contribution is 5.89. The summed E-state index contributed by atoms with van der Waals surface area (Å²) in [5.74, 6) is 0.641. The number of rotatable bonds is 4. The molecule has 0 aromatic carbocycles. The number of aliphatic hydroxyl groups is 1. The first-order valence-corrected chi connectivity index (χ1v) is 7.80. The van der Waals surface area contributed by atoms with Gasteiger partial charge in [0.1, 0.15) is 5.82 Å². The number of urea groups is 1. The highest BCUT2D eigenvalue weighted by Crippen LogP contribution is 2.19. The van der Waals surface area contributed by atoms with Gasteiger partial charge in [0, 0.05) is 18.8 Å². The van der Waals surface area contributed by atoms with Crippen molar-refractivity contribution in [2.45, 2.75) is 32.4 Å². The van der Waals surface area contributed by atoms with Gasteiger partial charge in [-0.2, -0.15) is 5.10 Å². The molecule has 1 aliphatic rings. The number of amides is 2. The summed E-state index contributed by atoms with van der Waals surface area (Å²) in [5.41, 5.74) is 1.71. The van der Waals surface area contributed by atoms with Crippen molar-refractivity contribution in [1.82, 2.24) is 19.7 Å². The molecule has 2 amide bonds. The van der Waals surface area contributed by atoms with E-state index in [0.29, 0.717) is 18.9 Å². The van der Waals surface area contributed by atoms with Crippen LogP contribution in [0, 0.1) is 6.92 Å². The average molecular weight is 315 g/mol. The quantitative estimate of drug-likeness (QED) is 0.898. The van der Waals surface area contributed by atoms with Gasteiger partial charge in [0.25, 0.3) is 0 Å². The standard InChI is InChI=1S/C16H21N5O2/c1-12-9-15(18-16(23)20-8-4-6-14(20)11-22)21(19-12)10-13-5-2-3-7-17-13/h2-3,5,7,9,14,22H,4,6,8,10-11H2,1H3,(H,18,23). The molecular formula is C16H21N5O2. The molecule has 2 aromatic heterocycles. The van der Waals surface area contributed by atoms with Crippen LogP contribution in [-0.2, 0) is 6.54 Å². The third-order valence-corrected chi connectivity index (χ3v) is 4.02. The number of carbonyl (C=O) groups is 1. The third-order valence-electron chi connectivity index (χ3n) is 4.02. The Morgan fingerprint density at radius 2 is 2.35 bits per heavy atom. The third kappa shape index (κ3) is 3.50. The maximum atomic E-state index is 12.4. The fourth-order valence-corrected chi connectivity index (χ4v) is 2.89. The molecular weight excluding hydrogens is 294 g/mol. The second-order valence-electron chi connectivity index (χ2n) is 5.75. The first-order valence-electron chi connectivity index (χ1n) is 7.80. The van der Waals surface area contributed by atoms with Gasteiger partial charge in [-0.05, 0) is 31.9 Å². The maximum absolute atomic E-state index is 12.4. The van der Waals surface area contributed by atoms with Crippen LogP contribution in [0.3, 0.4) is 0 Å². The van der Waals surface area contributed by atoms with Crippen LogP contribution >= 0.6 is 0 Å². The van der Waals surface area contributed by atoms with Gasteiger partial charge in [-0.1, -0.05) is 6.07 Å². The number of nitrogens with zero attached hydrogens (tertiary/aromatic N) is 4. The van der Waals surface area contributed by atoms with Crippen LogP contribution in [0.5, 0.6) is 0 Å². The zero-order chi connectivity index (χ0) is 16.2. The van der Waals surface area contributed by atoms with Crippen molar-refractivity contribution in [2.75, 3.05) is 18.5 Å². The predicted octanol–water partition coefficient (Wildman–Crippen LogP) is 1.62. The number of nitrogens with one attached hydrogen (secondary N) is 1. The number of aromatic nitrogens is 3. The Bertz CT molecular complexity index is 670. The normalized spacial score (nSPS) is 17.5. The average Bonchev–Trinajstić information content (AvgIpc) is 3.15. The van der Waals surface area contributed by atoms with E-state index >= 15 is 0 Å². The molecule has 2 N–H and O–H groups in total. The van der Waals surface area contributed by atoms with Crippen molar-refractivity contribution >= 4 is 11.8 Å². The number of aryl methyl sites for hydroxylation is 1. The van der Waals surface area contributed by atoms with Gasteiger partial charge in [0.2, 0.25) is 0 Å². The van der Waals surface area contributed by atoms with Gasteiger partial charge in [-0.25, -0.2) is 9.48 Å². The van der Waals surface area contributed by atoms with E-state index in [9.17, 15) is 9.90 Å². The Labute approximate surface area is 134 Å². The largest absolute Gasteiger partial charge is 0.394 e. The molecule has 0 spiro atoms. The van der Waals surface area contributed by atoms with Crippen LogP contribution in [0.15, 0.2) is 30.5 Å². The second kappa shape index (κ2) is 6.78. The van der Waals surface area contributed by atoms with Crippen molar-refractivity contribution < 1.29 is 9.90 Å². The number of anilines is 1. The van der Waals surface area contributed by atoms with Gasteiger partial charge in [-0.3, -0.25) is 10.3 Å². The Hall–Kier alpha value is -2.41. The molecule has 0 bridgehead atoms. The summed E-state index contributed by atoms with van der Waals surface area (Å²) in [7, 11) is 0. The Balaban J connectivity index is 1.74. The van der Waals surface area contributed by atoms with Crippen LogP contribution in [0.2, 0.25) is 0 Å². The van der Waals surface area contributed by atoms with E-state index in [4.69, 9.17) is 0 Å².